The maximum atomic E-state index is 11.7. The van der Waals surface area contributed by atoms with Crippen LogP contribution >= 0.6 is 0 Å². The second kappa shape index (κ2) is 9.57. The van der Waals surface area contributed by atoms with E-state index in [9.17, 15) is 4.79 Å². The normalized spacial score (nSPS) is 10.2. The van der Waals surface area contributed by atoms with Crippen molar-refractivity contribution in [1.82, 2.24) is 10.6 Å². The van der Waals surface area contributed by atoms with Gasteiger partial charge in [0.1, 0.15) is 5.75 Å². The SMILES string of the molecule is CNCCCC(=O)NCc1ccc(Oc2ccccc2OC)cc1. The number of rotatable bonds is 9. The molecule has 5 nitrogen and oxygen atoms in total. The molecule has 0 aromatic heterocycles. The summed E-state index contributed by atoms with van der Waals surface area (Å²) in [5.41, 5.74) is 1.03. The lowest BCUT2D eigenvalue weighted by atomic mass is 10.2. The molecule has 0 heterocycles. The van der Waals surface area contributed by atoms with E-state index >= 15 is 0 Å². The number of ether oxygens (including phenoxy) is 2. The Morgan fingerprint density at radius 2 is 1.75 bits per heavy atom. The zero-order chi connectivity index (χ0) is 17.2. The number of nitrogens with one attached hydrogen (secondary N) is 2. The summed E-state index contributed by atoms with van der Waals surface area (Å²) in [6, 6.07) is 15.2. The van der Waals surface area contributed by atoms with Gasteiger partial charge in [-0.05, 0) is 49.8 Å². The third-order valence-electron chi connectivity index (χ3n) is 3.54. The summed E-state index contributed by atoms with van der Waals surface area (Å²) in [6.07, 6.45) is 1.38. The summed E-state index contributed by atoms with van der Waals surface area (Å²) in [7, 11) is 3.50. The van der Waals surface area contributed by atoms with Crippen LogP contribution in [0.15, 0.2) is 48.5 Å². The van der Waals surface area contributed by atoms with Crippen molar-refractivity contribution in [3.63, 3.8) is 0 Å². The smallest absolute Gasteiger partial charge is 0.220 e. The lowest BCUT2D eigenvalue weighted by Gasteiger charge is -2.10. The van der Waals surface area contributed by atoms with Crippen LogP contribution in [0.1, 0.15) is 18.4 Å². The second-order valence-electron chi connectivity index (χ2n) is 5.38. The molecular formula is C19H24N2O3. The van der Waals surface area contributed by atoms with Gasteiger partial charge in [-0.25, -0.2) is 0 Å². The molecule has 24 heavy (non-hydrogen) atoms. The van der Waals surface area contributed by atoms with Crippen LogP contribution < -0.4 is 20.1 Å². The average molecular weight is 328 g/mol. The lowest BCUT2D eigenvalue weighted by molar-refractivity contribution is -0.121. The minimum Gasteiger partial charge on any atom is -0.493 e. The highest BCUT2D eigenvalue weighted by atomic mass is 16.5. The van der Waals surface area contributed by atoms with E-state index in [1.54, 1.807) is 7.11 Å². The molecule has 2 aromatic rings. The molecule has 0 saturated heterocycles. The molecule has 0 aliphatic carbocycles. The Labute approximate surface area is 143 Å². The number of methoxy groups -OCH3 is 1. The first kappa shape index (κ1) is 17.8. The molecular weight excluding hydrogens is 304 g/mol. The fourth-order valence-corrected chi connectivity index (χ4v) is 2.22. The Balaban J connectivity index is 1.85. The quantitative estimate of drug-likeness (QED) is 0.695. The van der Waals surface area contributed by atoms with Gasteiger partial charge in [-0.15, -0.1) is 0 Å². The molecule has 0 fully saturated rings. The van der Waals surface area contributed by atoms with Crippen LogP contribution in [0.5, 0.6) is 17.2 Å². The fourth-order valence-electron chi connectivity index (χ4n) is 2.22. The van der Waals surface area contributed by atoms with Gasteiger partial charge in [0.2, 0.25) is 5.91 Å². The van der Waals surface area contributed by atoms with Crippen molar-refractivity contribution < 1.29 is 14.3 Å². The van der Waals surface area contributed by atoms with E-state index in [0.717, 1.165) is 24.3 Å². The molecule has 0 unspecified atom stereocenters. The van der Waals surface area contributed by atoms with Crippen molar-refractivity contribution in [3.05, 3.63) is 54.1 Å². The number of para-hydroxylation sites is 2. The highest BCUT2D eigenvalue weighted by Gasteiger charge is 2.05. The van der Waals surface area contributed by atoms with Gasteiger partial charge in [0, 0.05) is 13.0 Å². The summed E-state index contributed by atoms with van der Waals surface area (Å²) >= 11 is 0. The first-order valence-electron chi connectivity index (χ1n) is 8.04. The van der Waals surface area contributed by atoms with E-state index < -0.39 is 0 Å². The molecule has 0 saturated carbocycles. The van der Waals surface area contributed by atoms with Gasteiger partial charge in [0.05, 0.1) is 7.11 Å². The van der Waals surface area contributed by atoms with Gasteiger partial charge < -0.3 is 20.1 Å². The molecule has 0 spiro atoms. The van der Waals surface area contributed by atoms with Crippen molar-refractivity contribution in [2.24, 2.45) is 0 Å². The predicted octanol–water partition coefficient (Wildman–Crippen LogP) is 3.10. The second-order valence-corrected chi connectivity index (χ2v) is 5.38. The summed E-state index contributed by atoms with van der Waals surface area (Å²) in [5.74, 6) is 2.16. The van der Waals surface area contributed by atoms with E-state index in [-0.39, 0.29) is 5.91 Å². The first-order valence-corrected chi connectivity index (χ1v) is 8.04. The number of carbonyl (C=O) groups is 1. The van der Waals surface area contributed by atoms with Crippen LogP contribution in [-0.4, -0.2) is 26.6 Å². The number of carbonyl (C=O) groups excluding carboxylic acids is 1. The molecule has 0 radical (unpaired) electrons. The minimum atomic E-state index is 0.0691. The highest BCUT2D eigenvalue weighted by Crippen LogP contribution is 2.30. The Bertz CT molecular complexity index is 641. The summed E-state index contributed by atoms with van der Waals surface area (Å²) < 4.78 is 11.1. The Morgan fingerprint density at radius 1 is 1.04 bits per heavy atom. The van der Waals surface area contributed by atoms with E-state index in [4.69, 9.17) is 9.47 Å². The van der Waals surface area contributed by atoms with Gasteiger partial charge >= 0.3 is 0 Å². The molecule has 0 atom stereocenters. The summed E-state index contributed by atoms with van der Waals surface area (Å²) in [4.78, 5) is 11.7. The average Bonchev–Trinajstić information content (AvgIpc) is 2.62. The first-order chi connectivity index (χ1) is 11.7. The molecule has 2 rings (SSSR count). The zero-order valence-electron chi connectivity index (χ0n) is 14.2. The van der Waals surface area contributed by atoms with Crippen molar-refractivity contribution in [3.8, 4) is 17.2 Å². The van der Waals surface area contributed by atoms with Crippen LogP contribution in [0.3, 0.4) is 0 Å². The van der Waals surface area contributed by atoms with Gasteiger partial charge in [-0.2, -0.15) is 0 Å². The molecule has 2 N–H and O–H groups in total. The molecule has 1 amide bonds. The van der Waals surface area contributed by atoms with Crippen LogP contribution in [0.25, 0.3) is 0 Å². The van der Waals surface area contributed by atoms with Gasteiger partial charge in [-0.3, -0.25) is 4.79 Å². The van der Waals surface area contributed by atoms with Crippen LogP contribution in [0.4, 0.5) is 0 Å². The zero-order valence-corrected chi connectivity index (χ0v) is 14.2. The van der Waals surface area contributed by atoms with Crippen LogP contribution in [0, 0.1) is 0 Å². The largest absolute Gasteiger partial charge is 0.493 e. The number of hydrogen-bond acceptors (Lipinski definition) is 4. The molecule has 128 valence electrons. The van der Waals surface area contributed by atoms with Crippen molar-refractivity contribution in [2.75, 3.05) is 20.7 Å². The Kier molecular flexibility index (Phi) is 7.11. The fraction of sp³-hybridized carbons (Fsp3) is 0.316. The van der Waals surface area contributed by atoms with Crippen LogP contribution in [-0.2, 0) is 11.3 Å². The van der Waals surface area contributed by atoms with E-state index in [0.29, 0.717) is 24.5 Å². The maximum Gasteiger partial charge on any atom is 0.220 e. The topological polar surface area (TPSA) is 59.6 Å². The van der Waals surface area contributed by atoms with Crippen molar-refractivity contribution in [2.45, 2.75) is 19.4 Å². The molecule has 0 aliphatic heterocycles. The van der Waals surface area contributed by atoms with Gasteiger partial charge in [-0.1, -0.05) is 24.3 Å². The Hall–Kier alpha value is -2.53. The molecule has 5 heteroatoms. The third-order valence-corrected chi connectivity index (χ3v) is 3.54. The minimum absolute atomic E-state index is 0.0691. The molecule has 0 aliphatic rings. The van der Waals surface area contributed by atoms with Crippen molar-refractivity contribution >= 4 is 5.91 Å². The monoisotopic (exact) mass is 328 g/mol. The number of benzene rings is 2. The lowest BCUT2D eigenvalue weighted by Crippen LogP contribution is -2.23. The number of amides is 1. The van der Waals surface area contributed by atoms with Crippen LogP contribution in [0.2, 0.25) is 0 Å². The summed E-state index contributed by atoms with van der Waals surface area (Å²) in [5, 5.41) is 5.95. The van der Waals surface area contributed by atoms with Gasteiger partial charge in [0.25, 0.3) is 0 Å². The predicted molar refractivity (Wildman–Crippen MR) is 94.5 cm³/mol. The highest BCUT2D eigenvalue weighted by molar-refractivity contribution is 5.75. The van der Waals surface area contributed by atoms with Gasteiger partial charge in [0.15, 0.2) is 11.5 Å². The third kappa shape index (κ3) is 5.59. The molecule has 2 aromatic carbocycles. The van der Waals surface area contributed by atoms with Crippen molar-refractivity contribution in [1.29, 1.82) is 0 Å². The Morgan fingerprint density at radius 3 is 2.42 bits per heavy atom. The van der Waals surface area contributed by atoms with E-state index in [2.05, 4.69) is 10.6 Å². The van der Waals surface area contributed by atoms with E-state index in [1.165, 1.54) is 0 Å². The van der Waals surface area contributed by atoms with E-state index in [1.807, 2.05) is 55.6 Å². The maximum absolute atomic E-state index is 11.7. The number of hydrogen-bond donors (Lipinski definition) is 2. The summed E-state index contributed by atoms with van der Waals surface area (Å²) in [6.45, 7) is 1.37. The molecule has 0 bridgehead atoms. The standard InChI is InChI=1S/C19H24N2O3/c1-20-13-5-8-19(22)21-14-15-9-11-16(12-10-15)24-18-7-4-3-6-17(18)23-2/h3-4,6-7,9-12,20H,5,8,13-14H2,1-2H3,(H,21,22).